The Balaban J connectivity index is 1.45. The predicted molar refractivity (Wildman–Crippen MR) is 118 cm³/mol. The molecule has 0 bridgehead atoms. The van der Waals surface area contributed by atoms with E-state index in [0.717, 1.165) is 44.3 Å². The van der Waals surface area contributed by atoms with Crippen molar-refractivity contribution in [2.24, 2.45) is 0 Å². The lowest BCUT2D eigenvalue weighted by Gasteiger charge is -2.28. The summed E-state index contributed by atoms with van der Waals surface area (Å²) in [7, 11) is 0. The van der Waals surface area contributed by atoms with Crippen molar-refractivity contribution in [3.63, 3.8) is 0 Å². The highest BCUT2D eigenvalue weighted by Gasteiger charge is 2.31. The predicted octanol–water partition coefficient (Wildman–Crippen LogP) is 6.52. The Hall–Kier alpha value is -1.74. The van der Waals surface area contributed by atoms with Crippen molar-refractivity contribution in [3.05, 3.63) is 71.3 Å². The van der Waals surface area contributed by atoms with Gasteiger partial charge in [-0.15, -0.1) is 0 Å². The Morgan fingerprint density at radius 1 is 0.828 bits per heavy atom. The van der Waals surface area contributed by atoms with E-state index in [-0.39, 0.29) is 5.92 Å². The first-order valence-corrected chi connectivity index (χ1v) is 11.2. The summed E-state index contributed by atoms with van der Waals surface area (Å²) < 4.78 is 27.1. The van der Waals surface area contributed by atoms with Crippen LogP contribution in [0.15, 0.2) is 54.6 Å². The van der Waals surface area contributed by atoms with Gasteiger partial charge < -0.3 is 4.90 Å². The van der Waals surface area contributed by atoms with Crippen molar-refractivity contribution in [1.82, 2.24) is 4.90 Å². The molecule has 0 amide bonds. The summed E-state index contributed by atoms with van der Waals surface area (Å²) in [6.45, 7) is 6.71. The van der Waals surface area contributed by atoms with E-state index in [2.05, 4.69) is 73.3 Å². The third-order valence-corrected chi connectivity index (χ3v) is 6.32. The second-order valence-corrected chi connectivity index (χ2v) is 8.75. The zero-order valence-corrected chi connectivity index (χ0v) is 17.9. The minimum absolute atomic E-state index is 0.167. The van der Waals surface area contributed by atoms with E-state index in [1.807, 2.05) is 0 Å². The topological polar surface area (TPSA) is 3.24 Å². The molecule has 3 unspecified atom stereocenters. The zero-order chi connectivity index (χ0) is 20.6. The molecule has 0 aliphatic heterocycles. The van der Waals surface area contributed by atoms with Crippen LogP contribution in [0, 0.1) is 0 Å². The fourth-order valence-electron chi connectivity index (χ4n) is 4.37. The fourth-order valence-corrected chi connectivity index (χ4v) is 4.37. The van der Waals surface area contributed by atoms with E-state index in [9.17, 15) is 8.78 Å². The molecule has 2 aromatic rings. The third kappa shape index (κ3) is 6.64. The van der Waals surface area contributed by atoms with Gasteiger partial charge in [-0.25, -0.2) is 8.78 Å². The molecule has 3 rings (SSSR count). The molecule has 0 spiro atoms. The van der Waals surface area contributed by atoms with Crippen LogP contribution in [0.1, 0.15) is 62.1 Å². The van der Waals surface area contributed by atoms with E-state index in [1.165, 1.54) is 11.1 Å². The molecule has 1 nitrogen and oxygen atoms in total. The fraction of sp³-hybridized carbons (Fsp3) is 0.538. The molecule has 158 valence electrons. The lowest BCUT2D eigenvalue weighted by Crippen LogP contribution is -2.34. The van der Waals surface area contributed by atoms with Crippen LogP contribution in [0.2, 0.25) is 0 Å². The van der Waals surface area contributed by atoms with Crippen LogP contribution in [0.5, 0.6) is 0 Å². The number of aryl methyl sites for hydroxylation is 1. The van der Waals surface area contributed by atoms with Crippen molar-refractivity contribution in [1.29, 1.82) is 0 Å². The number of hydrogen-bond acceptors (Lipinski definition) is 1. The molecule has 1 aliphatic carbocycles. The smallest absolute Gasteiger partial charge is 0.132 e. The minimum Gasteiger partial charge on any atom is -0.301 e. The number of halogens is 2. The lowest BCUT2D eigenvalue weighted by atomic mass is 9.82. The van der Waals surface area contributed by atoms with Crippen LogP contribution in [-0.4, -0.2) is 36.4 Å². The summed E-state index contributed by atoms with van der Waals surface area (Å²) >= 11 is 0. The van der Waals surface area contributed by atoms with Gasteiger partial charge in [-0.1, -0.05) is 54.6 Å². The standard InChI is InChI=1S/C26H35F2N/c1-20(2)29(18-16-21-7-4-3-5-8-21)17-6-9-22-10-12-23(13-11-22)24-14-15-25(27)26(28)19-24/h3-5,7-8,10-13,20,24-26H,6,9,14-19H2,1-2H3. The van der Waals surface area contributed by atoms with Crippen LogP contribution >= 0.6 is 0 Å². The maximum absolute atomic E-state index is 13.7. The van der Waals surface area contributed by atoms with Gasteiger partial charge in [0.15, 0.2) is 0 Å². The number of hydrogen-bond donors (Lipinski definition) is 0. The summed E-state index contributed by atoms with van der Waals surface area (Å²) in [5, 5.41) is 0. The molecule has 3 atom stereocenters. The molecular formula is C26H35F2N. The van der Waals surface area contributed by atoms with Crippen molar-refractivity contribution in [2.45, 2.75) is 76.7 Å². The summed E-state index contributed by atoms with van der Waals surface area (Å²) in [4.78, 5) is 2.55. The van der Waals surface area contributed by atoms with E-state index in [1.54, 1.807) is 0 Å². The van der Waals surface area contributed by atoms with Crippen molar-refractivity contribution in [2.75, 3.05) is 13.1 Å². The van der Waals surface area contributed by atoms with E-state index in [0.29, 0.717) is 18.9 Å². The molecule has 0 saturated heterocycles. The highest BCUT2D eigenvalue weighted by molar-refractivity contribution is 5.26. The Labute approximate surface area is 175 Å². The maximum Gasteiger partial charge on any atom is 0.132 e. The van der Waals surface area contributed by atoms with Crippen molar-refractivity contribution in [3.8, 4) is 0 Å². The first-order valence-electron chi connectivity index (χ1n) is 11.2. The van der Waals surface area contributed by atoms with Crippen LogP contribution < -0.4 is 0 Å². The van der Waals surface area contributed by atoms with Gasteiger partial charge in [-0.05, 0) is 81.5 Å². The van der Waals surface area contributed by atoms with Gasteiger partial charge in [-0.3, -0.25) is 0 Å². The SMILES string of the molecule is CC(C)N(CCCc1ccc(C2CCC(F)C(F)C2)cc1)CCc1ccccc1. The highest BCUT2D eigenvalue weighted by atomic mass is 19.2. The zero-order valence-electron chi connectivity index (χ0n) is 17.9. The average Bonchev–Trinajstić information content (AvgIpc) is 2.73. The second-order valence-electron chi connectivity index (χ2n) is 8.75. The first kappa shape index (κ1) is 22.0. The van der Waals surface area contributed by atoms with Gasteiger partial charge in [0, 0.05) is 12.6 Å². The molecular weight excluding hydrogens is 364 g/mol. The molecule has 1 aliphatic rings. The van der Waals surface area contributed by atoms with Gasteiger partial charge in [0.2, 0.25) is 0 Å². The van der Waals surface area contributed by atoms with E-state index >= 15 is 0 Å². The molecule has 0 N–H and O–H groups in total. The molecule has 1 saturated carbocycles. The monoisotopic (exact) mass is 399 g/mol. The summed E-state index contributed by atoms with van der Waals surface area (Å²) in [6, 6.07) is 19.8. The number of rotatable bonds is 9. The normalized spacial score (nSPS) is 22.3. The Morgan fingerprint density at radius 2 is 1.52 bits per heavy atom. The quantitative estimate of drug-likeness (QED) is 0.464. The van der Waals surface area contributed by atoms with E-state index in [4.69, 9.17) is 0 Å². The van der Waals surface area contributed by atoms with Crippen LogP contribution in [0.25, 0.3) is 0 Å². The Morgan fingerprint density at radius 3 is 2.17 bits per heavy atom. The maximum atomic E-state index is 13.7. The Bertz CT molecular complexity index is 713. The van der Waals surface area contributed by atoms with Gasteiger partial charge in [0.1, 0.15) is 12.3 Å². The summed E-state index contributed by atoms with van der Waals surface area (Å²) in [5.74, 6) is 0.167. The third-order valence-electron chi connectivity index (χ3n) is 6.32. The molecule has 3 heteroatoms. The first-order chi connectivity index (χ1) is 14.0. The van der Waals surface area contributed by atoms with Crippen LogP contribution in [0.3, 0.4) is 0 Å². The van der Waals surface area contributed by atoms with Gasteiger partial charge in [0.25, 0.3) is 0 Å². The molecule has 0 heterocycles. The van der Waals surface area contributed by atoms with Crippen molar-refractivity contribution < 1.29 is 8.78 Å². The summed E-state index contributed by atoms with van der Waals surface area (Å²) in [6.07, 6.45) is 2.13. The molecule has 29 heavy (non-hydrogen) atoms. The minimum atomic E-state index is -1.30. The van der Waals surface area contributed by atoms with Crippen LogP contribution in [-0.2, 0) is 12.8 Å². The van der Waals surface area contributed by atoms with Crippen molar-refractivity contribution >= 4 is 0 Å². The number of benzene rings is 2. The van der Waals surface area contributed by atoms with Crippen LogP contribution in [0.4, 0.5) is 8.78 Å². The van der Waals surface area contributed by atoms with Gasteiger partial charge >= 0.3 is 0 Å². The lowest BCUT2D eigenvalue weighted by molar-refractivity contribution is 0.108. The highest BCUT2D eigenvalue weighted by Crippen LogP contribution is 2.35. The number of nitrogens with zero attached hydrogens (tertiary/aromatic N) is 1. The molecule has 0 aromatic heterocycles. The average molecular weight is 400 g/mol. The molecule has 1 fully saturated rings. The largest absolute Gasteiger partial charge is 0.301 e. The molecule has 0 radical (unpaired) electrons. The summed E-state index contributed by atoms with van der Waals surface area (Å²) in [5.41, 5.74) is 3.89. The molecule has 2 aromatic carbocycles. The number of alkyl halides is 2. The van der Waals surface area contributed by atoms with Gasteiger partial charge in [-0.2, -0.15) is 0 Å². The Kier molecular flexibility index (Phi) is 8.23. The van der Waals surface area contributed by atoms with E-state index < -0.39 is 12.3 Å². The second kappa shape index (κ2) is 10.9. The van der Waals surface area contributed by atoms with Gasteiger partial charge in [0.05, 0.1) is 0 Å².